The van der Waals surface area contributed by atoms with Crippen LogP contribution in [0.5, 0.6) is 11.5 Å². The van der Waals surface area contributed by atoms with Crippen molar-refractivity contribution in [3.05, 3.63) is 59.4 Å². The van der Waals surface area contributed by atoms with E-state index in [0.717, 1.165) is 36.3 Å². The van der Waals surface area contributed by atoms with Crippen molar-refractivity contribution in [2.24, 2.45) is 0 Å². The zero-order valence-corrected chi connectivity index (χ0v) is 12.7. The highest BCUT2D eigenvalue weighted by Gasteiger charge is 2.08. The lowest BCUT2D eigenvalue weighted by Crippen LogP contribution is -2.13. The lowest BCUT2D eigenvalue weighted by Gasteiger charge is -2.11. The molecule has 0 aliphatic rings. The first-order chi connectivity index (χ1) is 10.2. The summed E-state index contributed by atoms with van der Waals surface area (Å²) in [6.45, 7) is 5.77. The monoisotopic (exact) mass is 287 g/mol. The number of hydrogen-bond donors (Lipinski definition) is 1. The molecule has 0 aliphatic heterocycles. The highest BCUT2D eigenvalue weighted by Crippen LogP contribution is 2.28. The van der Waals surface area contributed by atoms with Gasteiger partial charge in [0.05, 0.1) is 0 Å². The van der Waals surface area contributed by atoms with Crippen LogP contribution in [-0.4, -0.2) is 6.54 Å². The lowest BCUT2D eigenvalue weighted by atomic mass is 10.1. The molecule has 112 valence electrons. The third-order valence-electron chi connectivity index (χ3n) is 3.33. The number of nitrogens with one attached hydrogen (secondary N) is 1. The van der Waals surface area contributed by atoms with Gasteiger partial charge in [0.25, 0.3) is 0 Å². The van der Waals surface area contributed by atoms with E-state index >= 15 is 0 Å². The minimum atomic E-state index is -0.322. The molecule has 0 unspecified atom stereocenters. The largest absolute Gasteiger partial charge is 0.454 e. The molecule has 0 fully saturated rings. The van der Waals surface area contributed by atoms with Gasteiger partial charge in [-0.2, -0.15) is 0 Å². The molecule has 2 aromatic carbocycles. The molecule has 2 aromatic rings. The molecule has 3 heteroatoms. The van der Waals surface area contributed by atoms with Crippen LogP contribution in [0.1, 0.15) is 31.4 Å². The predicted octanol–water partition coefficient (Wildman–Crippen LogP) is 4.68. The van der Waals surface area contributed by atoms with E-state index in [-0.39, 0.29) is 11.6 Å². The molecule has 0 atom stereocenters. The Bertz CT molecular complexity index is 583. The number of rotatable bonds is 7. The highest BCUT2D eigenvalue weighted by molar-refractivity contribution is 5.39. The van der Waals surface area contributed by atoms with Gasteiger partial charge in [0.15, 0.2) is 11.6 Å². The second-order valence-electron chi connectivity index (χ2n) is 5.00. The van der Waals surface area contributed by atoms with E-state index in [0.29, 0.717) is 6.54 Å². The van der Waals surface area contributed by atoms with Gasteiger partial charge in [-0.25, -0.2) is 4.39 Å². The summed E-state index contributed by atoms with van der Waals surface area (Å²) >= 11 is 0. The van der Waals surface area contributed by atoms with E-state index < -0.39 is 0 Å². The lowest BCUT2D eigenvalue weighted by molar-refractivity contribution is 0.437. The Labute approximate surface area is 126 Å². The molecule has 0 saturated heterocycles. The quantitative estimate of drug-likeness (QED) is 0.747. The summed E-state index contributed by atoms with van der Waals surface area (Å²) in [5.74, 6) is 0.669. The van der Waals surface area contributed by atoms with Crippen molar-refractivity contribution in [1.29, 1.82) is 0 Å². The number of benzene rings is 2. The van der Waals surface area contributed by atoms with Gasteiger partial charge < -0.3 is 10.1 Å². The van der Waals surface area contributed by atoms with Crippen LogP contribution in [0.4, 0.5) is 4.39 Å². The van der Waals surface area contributed by atoms with Gasteiger partial charge in [-0.15, -0.1) is 0 Å². The molecule has 0 amide bonds. The fourth-order valence-corrected chi connectivity index (χ4v) is 2.16. The number of ether oxygens (including phenoxy) is 1. The van der Waals surface area contributed by atoms with Crippen LogP contribution in [0.3, 0.4) is 0 Å². The first-order valence-corrected chi connectivity index (χ1v) is 7.49. The second kappa shape index (κ2) is 7.79. The third kappa shape index (κ3) is 4.30. The molecule has 0 bridgehead atoms. The molecule has 0 aromatic heterocycles. The topological polar surface area (TPSA) is 21.3 Å². The van der Waals surface area contributed by atoms with E-state index in [2.05, 4.69) is 19.2 Å². The van der Waals surface area contributed by atoms with Crippen LogP contribution in [0.15, 0.2) is 42.5 Å². The maximum Gasteiger partial charge on any atom is 0.166 e. The SMILES string of the molecule is CCCNCc1ccc(Oc2ccccc2CC)c(F)c1. The van der Waals surface area contributed by atoms with Gasteiger partial charge >= 0.3 is 0 Å². The van der Waals surface area contributed by atoms with Crippen molar-refractivity contribution in [2.45, 2.75) is 33.2 Å². The van der Waals surface area contributed by atoms with Crippen LogP contribution in [0.2, 0.25) is 0 Å². The Morgan fingerprint density at radius 2 is 1.86 bits per heavy atom. The van der Waals surface area contributed by atoms with Crippen molar-refractivity contribution in [1.82, 2.24) is 5.32 Å². The maximum atomic E-state index is 14.1. The number of aryl methyl sites for hydroxylation is 1. The van der Waals surface area contributed by atoms with E-state index in [4.69, 9.17) is 4.74 Å². The first-order valence-electron chi connectivity index (χ1n) is 7.49. The summed E-state index contributed by atoms with van der Waals surface area (Å²) in [4.78, 5) is 0. The molecule has 2 rings (SSSR count). The van der Waals surface area contributed by atoms with Gasteiger partial charge in [-0.1, -0.05) is 38.1 Å². The van der Waals surface area contributed by atoms with Crippen LogP contribution in [0, 0.1) is 5.82 Å². The maximum absolute atomic E-state index is 14.1. The fourth-order valence-electron chi connectivity index (χ4n) is 2.16. The van der Waals surface area contributed by atoms with Gasteiger partial charge in [-0.05, 0) is 48.7 Å². The Morgan fingerprint density at radius 3 is 2.57 bits per heavy atom. The fraction of sp³-hybridized carbons (Fsp3) is 0.333. The first kappa shape index (κ1) is 15.5. The minimum Gasteiger partial charge on any atom is -0.454 e. The van der Waals surface area contributed by atoms with Gasteiger partial charge in [0.2, 0.25) is 0 Å². The van der Waals surface area contributed by atoms with Gasteiger partial charge in [0.1, 0.15) is 5.75 Å². The Morgan fingerprint density at radius 1 is 1.05 bits per heavy atom. The zero-order valence-electron chi connectivity index (χ0n) is 12.7. The summed E-state index contributed by atoms with van der Waals surface area (Å²) in [5.41, 5.74) is 2.00. The van der Waals surface area contributed by atoms with Crippen molar-refractivity contribution < 1.29 is 9.13 Å². The number of hydrogen-bond acceptors (Lipinski definition) is 2. The Balaban J connectivity index is 2.10. The zero-order chi connectivity index (χ0) is 15.1. The summed E-state index contributed by atoms with van der Waals surface area (Å²) < 4.78 is 19.8. The van der Waals surface area contributed by atoms with Gasteiger partial charge in [-0.3, -0.25) is 0 Å². The summed E-state index contributed by atoms with van der Waals surface area (Å²) in [6.07, 6.45) is 1.92. The molecule has 0 saturated carbocycles. The standard InChI is InChI=1S/C18H22FNO/c1-3-11-20-13-14-9-10-18(16(19)12-14)21-17-8-6-5-7-15(17)4-2/h5-10,12,20H,3-4,11,13H2,1-2H3. The molecule has 0 heterocycles. The minimum absolute atomic E-state index is 0.273. The van der Waals surface area contributed by atoms with E-state index in [1.165, 1.54) is 6.07 Å². The third-order valence-corrected chi connectivity index (χ3v) is 3.33. The average Bonchev–Trinajstić information content (AvgIpc) is 2.50. The number of para-hydroxylation sites is 1. The molecular weight excluding hydrogens is 265 g/mol. The summed E-state index contributed by atoms with van der Waals surface area (Å²) in [6, 6.07) is 12.9. The van der Waals surface area contributed by atoms with Crippen molar-refractivity contribution in [3.63, 3.8) is 0 Å². The van der Waals surface area contributed by atoms with Crippen LogP contribution in [0.25, 0.3) is 0 Å². The molecule has 0 aliphatic carbocycles. The van der Waals surface area contributed by atoms with E-state index in [1.54, 1.807) is 6.07 Å². The highest BCUT2D eigenvalue weighted by atomic mass is 19.1. The Hall–Kier alpha value is -1.87. The molecule has 2 nitrogen and oxygen atoms in total. The second-order valence-corrected chi connectivity index (χ2v) is 5.00. The Kier molecular flexibility index (Phi) is 5.76. The number of halogens is 1. The van der Waals surface area contributed by atoms with E-state index in [9.17, 15) is 4.39 Å². The van der Waals surface area contributed by atoms with Crippen LogP contribution in [-0.2, 0) is 13.0 Å². The van der Waals surface area contributed by atoms with Crippen LogP contribution < -0.4 is 10.1 Å². The van der Waals surface area contributed by atoms with Crippen LogP contribution >= 0.6 is 0 Å². The predicted molar refractivity (Wildman–Crippen MR) is 84.3 cm³/mol. The molecule has 21 heavy (non-hydrogen) atoms. The summed E-state index contributed by atoms with van der Waals surface area (Å²) in [7, 11) is 0. The van der Waals surface area contributed by atoms with Crippen molar-refractivity contribution in [2.75, 3.05) is 6.54 Å². The molecular formula is C18H22FNO. The smallest absolute Gasteiger partial charge is 0.166 e. The van der Waals surface area contributed by atoms with E-state index in [1.807, 2.05) is 30.3 Å². The molecule has 1 N–H and O–H groups in total. The average molecular weight is 287 g/mol. The molecule has 0 radical (unpaired) electrons. The van der Waals surface area contributed by atoms with Crippen molar-refractivity contribution >= 4 is 0 Å². The molecule has 0 spiro atoms. The van der Waals surface area contributed by atoms with Crippen molar-refractivity contribution in [3.8, 4) is 11.5 Å². The van der Waals surface area contributed by atoms with Gasteiger partial charge in [0, 0.05) is 6.54 Å². The summed E-state index contributed by atoms with van der Waals surface area (Å²) in [5, 5.41) is 3.26. The normalized spacial score (nSPS) is 10.6.